The summed E-state index contributed by atoms with van der Waals surface area (Å²) in [6.07, 6.45) is -6.69. The first-order valence-corrected chi connectivity index (χ1v) is 10.7. The number of carbonyl (C=O) groups is 5. The third-order valence-electron chi connectivity index (χ3n) is 4.56. The molecule has 0 radical (unpaired) electrons. The highest BCUT2D eigenvalue weighted by Crippen LogP contribution is 2.31. The quantitative estimate of drug-likeness (QED) is 0.158. The fraction of sp³-hybridized carbons (Fsp3) is 0.591. The van der Waals surface area contributed by atoms with Crippen LogP contribution >= 0.6 is 0 Å². The number of hydrogen-bond donors (Lipinski definition) is 0. The molecule has 0 saturated heterocycles. The van der Waals surface area contributed by atoms with Crippen LogP contribution in [0.3, 0.4) is 0 Å². The fourth-order valence-corrected chi connectivity index (χ4v) is 3.41. The van der Waals surface area contributed by atoms with Crippen molar-refractivity contribution in [1.82, 2.24) is 0 Å². The van der Waals surface area contributed by atoms with Crippen molar-refractivity contribution in [2.45, 2.75) is 71.9 Å². The number of esters is 5. The van der Waals surface area contributed by atoms with Crippen LogP contribution < -0.4 is 0 Å². The number of hydrogen-bond acceptors (Lipinski definition) is 13. The zero-order chi connectivity index (χ0) is 27.6. The van der Waals surface area contributed by atoms with Crippen LogP contribution in [0.5, 0.6) is 0 Å². The molecule has 0 saturated carbocycles. The van der Waals surface area contributed by atoms with E-state index in [9.17, 15) is 34.1 Å². The number of furan rings is 1. The Bertz CT molecular complexity index is 969. The average Bonchev–Trinajstić information content (AvgIpc) is 3.15. The molecule has 200 valence electrons. The van der Waals surface area contributed by atoms with Crippen LogP contribution in [0.25, 0.3) is 0 Å². The van der Waals surface area contributed by atoms with Crippen LogP contribution in [0.15, 0.2) is 16.5 Å². The zero-order valence-electron chi connectivity index (χ0n) is 20.7. The molecule has 0 aromatic carbocycles. The maximum absolute atomic E-state index is 12.1. The van der Waals surface area contributed by atoms with Crippen molar-refractivity contribution in [3.05, 3.63) is 33.8 Å². The summed E-state index contributed by atoms with van der Waals surface area (Å²) < 4.78 is 31.6. The molecule has 0 fully saturated rings. The van der Waals surface area contributed by atoms with E-state index in [2.05, 4.69) is 0 Å². The van der Waals surface area contributed by atoms with E-state index < -0.39 is 78.3 Å². The Balaban J connectivity index is 3.76. The van der Waals surface area contributed by atoms with Gasteiger partial charge in [-0.25, -0.2) is 0 Å². The molecule has 0 unspecified atom stereocenters. The first-order valence-electron chi connectivity index (χ1n) is 10.7. The van der Waals surface area contributed by atoms with E-state index in [0.29, 0.717) is 5.76 Å². The lowest BCUT2D eigenvalue weighted by molar-refractivity contribution is -0.486. The molecule has 1 heterocycles. The summed E-state index contributed by atoms with van der Waals surface area (Å²) in [4.78, 5) is 70.1. The largest absolute Gasteiger partial charge is 0.466 e. The second-order valence-electron chi connectivity index (χ2n) is 7.74. The van der Waals surface area contributed by atoms with Gasteiger partial charge in [0, 0.05) is 39.5 Å². The molecular weight excluding hydrogens is 486 g/mol. The Kier molecular flexibility index (Phi) is 11.5. The molecule has 0 N–H and O–H groups in total. The normalized spacial score (nSPS) is 14.8. The molecular formula is C22H29NO13. The number of nitro groups is 1. The van der Waals surface area contributed by atoms with Crippen LogP contribution in [0.1, 0.15) is 52.1 Å². The van der Waals surface area contributed by atoms with Crippen molar-refractivity contribution in [2.24, 2.45) is 0 Å². The molecule has 1 rings (SSSR count). The van der Waals surface area contributed by atoms with Crippen molar-refractivity contribution in [2.75, 3.05) is 13.2 Å². The third-order valence-corrected chi connectivity index (χ3v) is 4.56. The molecule has 0 spiro atoms. The number of rotatable bonds is 13. The first kappa shape index (κ1) is 30.1. The minimum Gasteiger partial charge on any atom is -0.466 e. The summed E-state index contributed by atoms with van der Waals surface area (Å²) in [5, 5.41) is 11.5. The van der Waals surface area contributed by atoms with Crippen LogP contribution in [0.4, 0.5) is 0 Å². The fourth-order valence-electron chi connectivity index (χ4n) is 3.41. The van der Waals surface area contributed by atoms with E-state index in [1.807, 2.05) is 0 Å². The summed E-state index contributed by atoms with van der Waals surface area (Å²) in [6, 6.07) is 2.92. The number of carbonyl (C=O) groups excluding carboxylic acids is 5. The molecule has 1 aromatic heterocycles. The minimum atomic E-state index is -1.76. The van der Waals surface area contributed by atoms with Crippen LogP contribution in [0.2, 0.25) is 0 Å². The topological polar surface area (TPSA) is 188 Å². The van der Waals surface area contributed by atoms with E-state index >= 15 is 0 Å². The molecule has 0 bridgehead atoms. The zero-order valence-corrected chi connectivity index (χ0v) is 20.7. The Morgan fingerprint density at radius 3 is 1.72 bits per heavy atom. The van der Waals surface area contributed by atoms with E-state index in [-0.39, 0.29) is 5.76 Å². The van der Waals surface area contributed by atoms with Gasteiger partial charge in [-0.3, -0.25) is 34.1 Å². The number of nitrogens with zero attached hydrogens (tertiary/aromatic N) is 1. The van der Waals surface area contributed by atoms with Gasteiger partial charge >= 0.3 is 29.8 Å². The molecule has 5 atom stereocenters. The smallest absolute Gasteiger partial charge is 0.303 e. The minimum absolute atomic E-state index is 0.0122. The SMILES string of the molecule is CC(=O)OC[C@@H](OC(C)=O)[C@@H](OC(C)=O)[C@H](OC(C)=O)[C@H](OC(C)=O)[C@H](C[N+](=O)[O-])c1ccc(C)o1. The highest BCUT2D eigenvalue weighted by Gasteiger charge is 2.49. The Hall–Kier alpha value is -3.97. The molecule has 0 amide bonds. The number of aryl methyl sites for hydroxylation is 1. The van der Waals surface area contributed by atoms with Crippen LogP contribution in [0, 0.1) is 17.0 Å². The molecule has 14 heteroatoms. The van der Waals surface area contributed by atoms with Gasteiger partial charge in [0.05, 0.1) is 0 Å². The lowest BCUT2D eigenvalue weighted by Gasteiger charge is -2.37. The molecule has 0 aliphatic carbocycles. The summed E-state index contributed by atoms with van der Waals surface area (Å²) in [7, 11) is 0. The summed E-state index contributed by atoms with van der Waals surface area (Å²) in [5.41, 5.74) is 0. The van der Waals surface area contributed by atoms with E-state index in [1.165, 1.54) is 12.1 Å². The molecule has 0 aliphatic heterocycles. The summed E-state index contributed by atoms with van der Waals surface area (Å²) in [5.74, 6) is -5.39. The molecule has 0 aliphatic rings. The van der Waals surface area contributed by atoms with Gasteiger partial charge in [0.2, 0.25) is 6.54 Å². The third kappa shape index (κ3) is 10.1. The predicted octanol–water partition coefficient (Wildman–Crippen LogP) is 1.24. The van der Waals surface area contributed by atoms with Gasteiger partial charge in [-0.1, -0.05) is 0 Å². The maximum atomic E-state index is 12.1. The van der Waals surface area contributed by atoms with E-state index in [4.69, 9.17) is 28.1 Å². The standard InChI is InChI=1S/C22H29NO13/c1-11-7-8-18(32-11)17(9-23(29)30)20(34-14(4)26)22(36-16(6)28)21(35-15(5)27)19(33-13(3)25)10-31-12(2)24/h7-8,17,19-22H,9-10H2,1-6H3/t17-,19-,20-,21-,22-/m1/s1. The maximum Gasteiger partial charge on any atom is 0.303 e. The Labute approximate surface area is 206 Å². The summed E-state index contributed by atoms with van der Waals surface area (Å²) >= 11 is 0. The van der Waals surface area contributed by atoms with Gasteiger partial charge in [-0.15, -0.1) is 0 Å². The first-order chi connectivity index (χ1) is 16.7. The van der Waals surface area contributed by atoms with Crippen molar-refractivity contribution < 1.29 is 57.0 Å². The van der Waals surface area contributed by atoms with Crippen molar-refractivity contribution in [1.29, 1.82) is 0 Å². The second-order valence-corrected chi connectivity index (χ2v) is 7.74. The van der Waals surface area contributed by atoms with Crippen molar-refractivity contribution in [3.8, 4) is 0 Å². The lowest BCUT2D eigenvalue weighted by Crippen LogP contribution is -2.55. The molecule has 14 nitrogen and oxygen atoms in total. The monoisotopic (exact) mass is 515 g/mol. The van der Waals surface area contributed by atoms with Gasteiger partial charge in [-0.05, 0) is 19.1 Å². The predicted molar refractivity (Wildman–Crippen MR) is 117 cm³/mol. The van der Waals surface area contributed by atoms with Crippen LogP contribution in [-0.2, 0) is 47.7 Å². The van der Waals surface area contributed by atoms with E-state index in [1.54, 1.807) is 6.92 Å². The Morgan fingerprint density at radius 1 is 0.806 bits per heavy atom. The number of ether oxygens (including phenoxy) is 5. The van der Waals surface area contributed by atoms with Gasteiger partial charge in [0.1, 0.15) is 24.0 Å². The van der Waals surface area contributed by atoms with Gasteiger partial charge < -0.3 is 28.1 Å². The van der Waals surface area contributed by atoms with Crippen molar-refractivity contribution >= 4 is 29.8 Å². The van der Waals surface area contributed by atoms with Gasteiger partial charge in [-0.2, -0.15) is 0 Å². The Morgan fingerprint density at radius 2 is 1.31 bits per heavy atom. The van der Waals surface area contributed by atoms with Gasteiger partial charge in [0.25, 0.3) is 0 Å². The van der Waals surface area contributed by atoms with Crippen molar-refractivity contribution in [3.63, 3.8) is 0 Å². The highest BCUT2D eigenvalue weighted by atomic mass is 16.6. The molecule has 1 aromatic rings. The van der Waals surface area contributed by atoms with Crippen LogP contribution in [-0.4, -0.2) is 72.3 Å². The van der Waals surface area contributed by atoms with Gasteiger partial charge in [0.15, 0.2) is 24.4 Å². The van der Waals surface area contributed by atoms with E-state index in [0.717, 1.165) is 34.6 Å². The second kappa shape index (κ2) is 13.8. The average molecular weight is 515 g/mol. The molecule has 36 heavy (non-hydrogen) atoms. The summed E-state index contributed by atoms with van der Waals surface area (Å²) in [6.45, 7) is 5.19. The lowest BCUT2D eigenvalue weighted by atomic mass is 9.90. The highest BCUT2D eigenvalue weighted by molar-refractivity contribution is 5.69.